The van der Waals surface area contributed by atoms with Gasteiger partial charge in [-0.25, -0.2) is 4.79 Å². The normalized spacial score (nSPS) is 33.9. The smallest absolute Gasteiger partial charge is 0.329 e. The number of hydrogen-bond donors (Lipinski definition) is 3. The zero-order valence-electron chi connectivity index (χ0n) is 25.8. The molecule has 4 aliphatic carbocycles. The lowest BCUT2D eigenvalue weighted by Crippen LogP contribution is -2.61. The van der Waals surface area contributed by atoms with Crippen LogP contribution >= 0.6 is 0 Å². The number of nitrogens with one attached hydrogen (secondary N) is 1. The number of Topliss-reactive ketones (excluding diaryl/α,β-unsaturated/α-hetero) is 1. The van der Waals surface area contributed by atoms with Gasteiger partial charge >= 0.3 is 11.9 Å². The van der Waals surface area contributed by atoms with Crippen LogP contribution < -0.4 is 5.32 Å². The number of allylic oxidation sites excluding steroid dienone is 4. The second kappa shape index (κ2) is 13.4. The first kappa shape index (κ1) is 34.2. The van der Waals surface area contributed by atoms with Gasteiger partial charge < -0.3 is 29.8 Å². The molecule has 248 valence electrons. The third kappa shape index (κ3) is 6.81. The Hall–Kier alpha value is -3.65. The van der Waals surface area contributed by atoms with Crippen molar-refractivity contribution in [2.24, 2.45) is 28.6 Å². The largest absolute Gasteiger partial charge is 0.464 e. The van der Waals surface area contributed by atoms with Crippen molar-refractivity contribution >= 4 is 29.4 Å². The van der Waals surface area contributed by atoms with Crippen LogP contribution in [-0.2, 0) is 38.3 Å². The molecule has 0 saturated heterocycles. The Labute approximate surface area is 260 Å². The zero-order chi connectivity index (χ0) is 33.2. The van der Waals surface area contributed by atoms with E-state index in [2.05, 4.69) is 10.2 Å². The summed E-state index contributed by atoms with van der Waals surface area (Å²) in [6, 6.07) is -1.39. The highest BCUT2D eigenvalue weighted by Crippen LogP contribution is 2.67. The molecule has 14 nitrogen and oxygen atoms in total. The molecule has 0 spiro atoms. The number of carbonyl (C=O) groups excluding carboxylic acids is 5. The van der Waals surface area contributed by atoms with E-state index in [1.807, 2.05) is 19.9 Å². The lowest BCUT2D eigenvalue weighted by Gasteiger charge is -2.59. The first-order valence-corrected chi connectivity index (χ1v) is 15.4. The first-order valence-electron chi connectivity index (χ1n) is 15.4. The summed E-state index contributed by atoms with van der Waals surface area (Å²) < 4.78 is 10.2. The number of fused-ring (bicyclic) bond motifs is 5. The number of aliphatic hydroxyl groups excluding tert-OH is 1. The molecule has 4 rings (SSSR count). The minimum Gasteiger partial charge on any atom is -0.464 e. The predicted octanol–water partition coefficient (Wildman–Crippen LogP) is 1.53. The summed E-state index contributed by atoms with van der Waals surface area (Å²) in [5.74, 6) is -3.51. The van der Waals surface area contributed by atoms with Crippen LogP contribution in [-0.4, -0.2) is 82.3 Å². The minimum atomic E-state index is -1.85. The second-order valence-corrected chi connectivity index (χ2v) is 13.1. The molecule has 1 amide bonds. The maximum absolute atomic E-state index is 13.5. The standard InChI is InChI=1S/C31H42N2O12/c1-18(34)32-23(28(39)43-12-4-5-13-45-33(41)42)15-26(38)44-17-25(37)31(40)11-9-22-21-7-6-19-14-20(35)8-10-29(19,2)27(21)24(36)16-30(22,31)3/h8,10,14,21-24,27,36,40H,4-7,9,11-13,15-17H2,1-3H3,(H,32,34)/t21?,22?,23?,24-,27?,29-,30-,31-/m0/s1. The van der Waals surface area contributed by atoms with E-state index >= 15 is 0 Å². The molecule has 0 heterocycles. The number of esters is 2. The molecule has 3 fully saturated rings. The Morgan fingerprint density at radius 3 is 2.56 bits per heavy atom. The molecule has 0 aliphatic heterocycles. The van der Waals surface area contributed by atoms with Gasteiger partial charge in [0.05, 0.1) is 25.7 Å². The van der Waals surface area contributed by atoms with E-state index in [-0.39, 0.29) is 62.4 Å². The van der Waals surface area contributed by atoms with Gasteiger partial charge in [-0.15, -0.1) is 10.1 Å². The maximum atomic E-state index is 13.5. The van der Waals surface area contributed by atoms with Crippen LogP contribution in [0.3, 0.4) is 0 Å². The molecule has 14 heteroatoms. The van der Waals surface area contributed by atoms with Crippen molar-refractivity contribution in [2.45, 2.75) is 89.9 Å². The number of nitrogens with zero attached hydrogens (tertiary/aromatic N) is 1. The summed E-state index contributed by atoms with van der Waals surface area (Å²) in [5.41, 5.74) is -2.32. The Morgan fingerprint density at radius 2 is 1.87 bits per heavy atom. The van der Waals surface area contributed by atoms with Gasteiger partial charge in [-0.3, -0.25) is 19.2 Å². The van der Waals surface area contributed by atoms with Crippen molar-refractivity contribution in [3.8, 4) is 0 Å². The molecule has 0 aromatic carbocycles. The molecule has 8 atom stereocenters. The third-order valence-electron chi connectivity index (χ3n) is 10.5. The highest BCUT2D eigenvalue weighted by molar-refractivity contribution is 6.01. The van der Waals surface area contributed by atoms with Crippen LogP contribution in [0.2, 0.25) is 0 Å². The van der Waals surface area contributed by atoms with Gasteiger partial charge in [0.25, 0.3) is 5.09 Å². The molecule has 4 aliphatic rings. The number of ketones is 2. The van der Waals surface area contributed by atoms with Gasteiger partial charge in [0.1, 0.15) is 11.6 Å². The molecule has 4 unspecified atom stereocenters. The van der Waals surface area contributed by atoms with Crippen molar-refractivity contribution in [3.05, 3.63) is 33.9 Å². The fraction of sp³-hybridized carbons (Fsp3) is 0.710. The van der Waals surface area contributed by atoms with Crippen LogP contribution in [0.4, 0.5) is 0 Å². The highest BCUT2D eigenvalue weighted by Gasteiger charge is 2.68. The van der Waals surface area contributed by atoms with Crippen molar-refractivity contribution < 1.29 is 53.6 Å². The Morgan fingerprint density at radius 1 is 1.16 bits per heavy atom. The van der Waals surface area contributed by atoms with Crippen LogP contribution in [0.15, 0.2) is 23.8 Å². The average Bonchev–Trinajstić information content (AvgIpc) is 3.23. The van der Waals surface area contributed by atoms with Crippen LogP contribution in [0.1, 0.15) is 72.1 Å². The number of unbranched alkanes of at least 4 members (excludes halogenated alkanes) is 1. The summed E-state index contributed by atoms with van der Waals surface area (Å²) in [7, 11) is 0. The molecule has 3 saturated carbocycles. The van der Waals surface area contributed by atoms with E-state index in [1.165, 1.54) is 0 Å². The number of amides is 1. The summed E-state index contributed by atoms with van der Waals surface area (Å²) in [6.07, 6.45) is 6.36. The third-order valence-corrected chi connectivity index (χ3v) is 10.5. The quantitative estimate of drug-likeness (QED) is 0.114. The Bertz CT molecular complexity index is 1290. The van der Waals surface area contributed by atoms with E-state index in [0.717, 1.165) is 18.9 Å². The summed E-state index contributed by atoms with van der Waals surface area (Å²) in [6.45, 7) is 3.93. The summed E-state index contributed by atoms with van der Waals surface area (Å²) in [4.78, 5) is 76.7. The minimum absolute atomic E-state index is 0.00754. The predicted molar refractivity (Wildman–Crippen MR) is 154 cm³/mol. The molecule has 45 heavy (non-hydrogen) atoms. The van der Waals surface area contributed by atoms with E-state index in [4.69, 9.17) is 9.47 Å². The fourth-order valence-electron chi connectivity index (χ4n) is 8.33. The second-order valence-electron chi connectivity index (χ2n) is 13.1. The maximum Gasteiger partial charge on any atom is 0.329 e. The van der Waals surface area contributed by atoms with E-state index < -0.39 is 70.3 Å². The number of carbonyl (C=O) groups is 5. The molecular weight excluding hydrogens is 592 g/mol. The first-order chi connectivity index (χ1) is 21.1. The molecule has 3 N–H and O–H groups in total. The number of ether oxygens (including phenoxy) is 2. The molecular formula is C31H42N2O12. The Balaban J connectivity index is 1.35. The number of aliphatic hydroxyl groups is 2. The Kier molecular flexibility index (Phi) is 10.2. The van der Waals surface area contributed by atoms with E-state index in [1.54, 1.807) is 12.2 Å². The molecule has 0 bridgehead atoms. The van der Waals surface area contributed by atoms with Gasteiger partial charge in [-0.2, -0.15) is 0 Å². The van der Waals surface area contributed by atoms with Gasteiger partial charge in [0.15, 0.2) is 12.4 Å². The fourth-order valence-corrected chi connectivity index (χ4v) is 8.33. The number of rotatable bonds is 13. The summed E-state index contributed by atoms with van der Waals surface area (Å²) >= 11 is 0. The lowest BCUT2D eigenvalue weighted by molar-refractivity contribution is -0.757. The molecule has 0 aromatic heterocycles. The SMILES string of the molecule is CC(=O)NC(CC(=O)OCC(=O)[C@@]1(O)CCC2C3CCC4=CC(=O)C=C[C@]4(C)C3[C@@H](O)C[C@@]21C)C(=O)OCCCCO[N+](=O)[O-]. The van der Waals surface area contributed by atoms with Crippen LogP contribution in [0, 0.1) is 38.7 Å². The average molecular weight is 635 g/mol. The van der Waals surface area contributed by atoms with Crippen molar-refractivity contribution in [1.82, 2.24) is 5.32 Å². The molecule has 0 radical (unpaired) electrons. The van der Waals surface area contributed by atoms with Gasteiger partial charge in [-0.05, 0) is 68.9 Å². The summed E-state index contributed by atoms with van der Waals surface area (Å²) in [5, 5.41) is 34.9. The van der Waals surface area contributed by atoms with Crippen LogP contribution in [0.25, 0.3) is 0 Å². The lowest BCUT2D eigenvalue weighted by atomic mass is 9.46. The van der Waals surface area contributed by atoms with Crippen LogP contribution in [0.5, 0.6) is 0 Å². The highest BCUT2D eigenvalue weighted by atomic mass is 16.9. The number of hydrogen-bond acceptors (Lipinski definition) is 12. The van der Waals surface area contributed by atoms with Crippen molar-refractivity contribution in [1.29, 1.82) is 0 Å². The monoisotopic (exact) mass is 634 g/mol. The van der Waals surface area contributed by atoms with Gasteiger partial charge in [0, 0.05) is 23.7 Å². The van der Waals surface area contributed by atoms with Gasteiger partial charge in [0.2, 0.25) is 11.7 Å². The van der Waals surface area contributed by atoms with Gasteiger partial charge in [-0.1, -0.05) is 25.5 Å². The van der Waals surface area contributed by atoms with E-state index in [0.29, 0.717) is 12.8 Å². The van der Waals surface area contributed by atoms with Crippen molar-refractivity contribution in [3.63, 3.8) is 0 Å². The topological polar surface area (TPSA) is 209 Å². The van der Waals surface area contributed by atoms with Crippen molar-refractivity contribution in [2.75, 3.05) is 19.8 Å². The molecule has 0 aromatic rings. The zero-order valence-corrected chi connectivity index (χ0v) is 25.8. The van der Waals surface area contributed by atoms with E-state index in [9.17, 15) is 44.3 Å².